The number of hydrogen-bond donors (Lipinski definition) is 0. The summed E-state index contributed by atoms with van der Waals surface area (Å²) < 4.78 is 5.32. The summed E-state index contributed by atoms with van der Waals surface area (Å²) in [6.07, 6.45) is 3.44. The maximum Gasteiger partial charge on any atom is 0.306 e. The molecule has 1 aliphatic heterocycles. The molecule has 1 saturated heterocycles. The zero-order valence-corrected chi connectivity index (χ0v) is 19.6. The van der Waals surface area contributed by atoms with Crippen LogP contribution in [0.4, 0.5) is 5.69 Å². The second-order valence-corrected chi connectivity index (χ2v) is 8.83. The first kappa shape index (κ1) is 23.6. The minimum absolute atomic E-state index is 0.0928. The third kappa shape index (κ3) is 6.47. The van der Waals surface area contributed by atoms with Crippen molar-refractivity contribution in [3.63, 3.8) is 0 Å². The van der Waals surface area contributed by atoms with Gasteiger partial charge >= 0.3 is 5.97 Å². The van der Waals surface area contributed by atoms with Crippen LogP contribution in [0.1, 0.15) is 45.1 Å². The number of anilines is 1. The number of hydrogen-bond acceptors (Lipinski definition) is 4. The summed E-state index contributed by atoms with van der Waals surface area (Å²) in [7, 11) is 0. The monoisotopic (exact) mass is 442 g/mol. The SMILES string of the molecule is CCOC(=O)CC(CC)(CCCN1CCN(c2ccc(Cl)cc2)CC1)c1ccccc1. The highest BCUT2D eigenvalue weighted by molar-refractivity contribution is 6.30. The molecule has 0 bridgehead atoms. The predicted molar refractivity (Wildman–Crippen MR) is 129 cm³/mol. The first-order valence-corrected chi connectivity index (χ1v) is 11.9. The van der Waals surface area contributed by atoms with E-state index in [4.69, 9.17) is 16.3 Å². The molecule has 0 N–H and O–H groups in total. The van der Waals surface area contributed by atoms with Gasteiger partial charge in [0.25, 0.3) is 0 Å². The number of nitrogens with zero attached hydrogens (tertiary/aromatic N) is 2. The molecule has 1 heterocycles. The quantitative estimate of drug-likeness (QED) is 0.452. The van der Waals surface area contributed by atoms with Crippen molar-refractivity contribution in [1.82, 2.24) is 4.90 Å². The molecule has 1 aliphatic rings. The number of piperazine rings is 1. The third-order valence-electron chi connectivity index (χ3n) is 6.54. The second kappa shape index (κ2) is 11.5. The largest absolute Gasteiger partial charge is 0.466 e. The van der Waals surface area contributed by atoms with Gasteiger partial charge in [0, 0.05) is 42.3 Å². The molecule has 3 rings (SSSR count). The van der Waals surface area contributed by atoms with Gasteiger partial charge in [0.1, 0.15) is 0 Å². The molecule has 0 aliphatic carbocycles. The summed E-state index contributed by atoms with van der Waals surface area (Å²) in [6, 6.07) is 18.6. The van der Waals surface area contributed by atoms with Gasteiger partial charge < -0.3 is 9.64 Å². The Morgan fingerprint density at radius 3 is 2.29 bits per heavy atom. The highest BCUT2D eigenvalue weighted by atomic mass is 35.5. The average Bonchev–Trinajstić information content (AvgIpc) is 2.80. The highest BCUT2D eigenvalue weighted by Gasteiger charge is 2.33. The van der Waals surface area contributed by atoms with Crippen LogP contribution < -0.4 is 4.90 Å². The van der Waals surface area contributed by atoms with Crippen LogP contribution in [0.15, 0.2) is 54.6 Å². The minimum atomic E-state index is -0.154. The van der Waals surface area contributed by atoms with Gasteiger partial charge in [0.05, 0.1) is 13.0 Å². The van der Waals surface area contributed by atoms with E-state index < -0.39 is 0 Å². The molecule has 5 heteroatoms. The fraction of sp³-hybridized carbons (Fsp3) is 0.500. The van der Waals surface area contributed by atoms with Crippen LogP contribution in [-0.2, 0) is 14.9 Å². The standard InChI is InChI=1S/C26H35ClN2O2/c1-3-26(21-25(30)31-4-2,22-9-6-5-7-10-22)15-8-16-28-17-19-29(20-18-28)24-13-11-23(27)12-14-24/h5-7,9-14H,3-4,8,15-21H2,1-2H3. The van der Waals surface area contributed by atoms with E-state index in [-0.39, 0.29) is 11.4 Å². The third-order valence-corrected chi connectivity index (χ3v) is 6.80. The van der Waals surface area contributed by atoms with Gasteiger partial charge in [-0.25, -0.2) is 0 Å². The molecule has 0 radical (unpaired) electrons. The first-order valence-electron chi connectivity index (χ1n) is 11.5. The number of ether oxygens (including phenoxy) is 1. The predicted octanol–water partition coefficient (Wildman–Crippen LogP) is 5.54. The lowest BCUT2D eigenvalue weighted by atomic mass is 9.72. The number of benzene rings is 2. The number of rotatable bonds is 10. The van der Waals surface area contributed by atoms with Crippen LogP contribution in [0.5, 0.6) is 0 Å². The van der Waals surface area contributed by atoms with Gasteiger partial charge in [-0.2, -0.15) is 0 Å². The topological polar surface area (TPSA) is 32.8 Å². The van der Waals surface area contributed by atoms with Crippen molar-refractivity contribution in [2.45, 2.75) is 44.9 Å². The lowest BCUT2D eigenvalue weighted by Gasteiger charge is -2.37. The van der Waals surface area contributed by atoms with E-state index in [1.165, 1.54) is 11.3 Å². The maximum absolute atomic E-state index is 12.4. The molecule has 168 valence electrons. The van der Waals surface area contributed by atoms with Crippen molar-refractivity contribution < 1.29 is 9.53 Å². The summed E-state index contributed by atoms with van der Waals surface area (Å²) in [5, 5.41) is 0.781. The molecule has 1 unspecified atom stereocenters. The summed E-state index contributed by atoms with van der Waals surface area (Å²) >= 11 is 6.02. The van der Waals surface area contributed by atoms with Gasteiger partial charge in [-0.3, -0.25) is 9.69 Å². The highest BCUT2D eigenvalue weighted by Crippen LogP contribution is 2.37. The lowest BCUT2D eigenvalue weighted by Crippen LogP contribution is -2.46. The molecule has 0 aromatic heterocycles. The van der Waals surface area contributed by atoms with E-state index in [1.54, 1.807) is 0 Å². The van der Waals surface area contributed by atoms with E-state index in [1.807, 2.05) is 25.1 Å². The molecular formula is C26H35ClN2O2. The minimum Gasteiger partial charge on any atom is -0.466 e. The number of esters is 1. The van der Waals surface area contributed by atoms with Crippen LogP contribution in [0, 0.1) is 0 Å². The molecular weight excluding hydrogens is 408 g/mol. The molecule has 0 spiro atoms. The Hall–Kier alpha value is -2.04. The van der Waals surface area contributed by atoms with E-state index in [2.05, 4.69) is 53.1 Å². The van der Waals surface area contributed by atoms with Crippen LogP contribution in [0.2, 0.25) is 5.02 Å². The van der Waals surface area contributed by atoms with Crippen molar-refractivity contribution in [3.8, 4) is 0 Å². The summed E-state index contributed by atoms with van der Waals surface area (Å²) in [6.45, 7) is 9.74. The van der Waals surface area contributed by atoms with E-state index in [9.17, 15) is 4.79 Å². The zero-order valence-electron chi connectivity index (χ0n) is 18.9. The van der Waals surface area contributed by atoms with E-state index in [0.29, 0.717) is 13.0 Å². The summed E-state index contributed by atoms with van der Waals surface area (Å²) in [4.78, 5) is 17.4. The van der Waals surface area contributed by atoms with Gasteiger partial charge in [-0.05, 0) is 62.6 Å². The van der Waals surface area contributed by atoms with Gasteiger partial charge in [0.15, 0.2) is 0 Å². The van der Waals surface area contributed by atoms with Crippen molar-refractivity contribution in [2.24, 2.45) is 0 Å². The van der Waals surface area contributed by atoms with E-state index in [0.717, 1.165) is 57.0 Å². The van der Waals surface area contributed by atoms with Crippen LogP contribution in [0.3, 0.4) is 0 Å². The zero-order chi connectivity index (χ0) is 22.1. The number of carbonyl (C=O) groups is 1. The smallest absolute Gasteiger partial charge is 0.306 e. The average molecular weight is 443 g/mol. The molecule has 2 aromatic rings. The van der Waals surface area contributed by atoms with Gasteiger partial charge in [0.2, 0.25) is 0 Å². The van der Waals surface area contributed by atoms with E-state index >= 15 is 0 Å². The van der Waals surface area contributed by atoms with Gasteiger partial charge in [-0.15, -0.1) is 0 Å². The fourth-order valence-electron chi connectivity index (χ4n) is 4.64. The molecule has 2 aromatic carbocycles. The Kier molecular flexibility index (Phi) is 8.79. The number of halogens is 1. The molecule has 0 amide bonds. The molecule has 0 saturated carbocycles. The Morgan fingerprint density at radius 1 is 1.00 bits per heavy atom. The summed E-state index contributed by atoms with van der Waals surface area (Å²) in [5.41, 5.74) is 2.34. The van der Waals surface area contributed by atoms with Crippen LogP contribution in [0.25, 0.3) is 0 Å². The molecule has 1 atom stereocenters. The van der Waals surface area contributed by atoms with Crippen molar-refractivity contribution in [2.75, 3.05) is 44.2 Å². The maximum atomic E-state index is 12.4. The second-order valence-electron chi connectivity index (χ2n) is 8.39. The van der Waals surface area contributed by atoms with Crippen molar-refractivity contribution >= 4 is 23.3 Å². The van der Waals surface area contributed by atoms with Gasteiger partial charge in [-0.1, -0.05) is 48.9 Å². The molecule has 1 fully saturated rings. The summed E-state index contributed by atoms with van der Waals surface area (Å²) in [5.74, 6) is -0.0928. The van der Waals surface area contributed by atoms with Crippen LogP contribution >= 0.6 is 11.6 Å². The van der Waals surface area contributed by atoms with Crippen molar-refractivity contribution in [1.29, 1.82) is 0 Å². The fourth-order valence-corrected chi connectivity index (χ4v) is 4.77. The Morgan fingerprint density at radius 2 is 1.68 bits per heavy atom. The molecule has 31 heavy (non-hydrogen) atoms. The Bertz CT molecular complexity index is 804. The molecule has 4 nitrogen and oxygen atoms in total. The normalized spacial score (nSPS) is 16.7. The van der Waals surface area contributed by atoms with Crippen molar-refractivity contribution in [3.05, 3.63) is 65.2 Å². The lowest BCUT2D eigenvalue weighted by molar-refractivity contribution is -0.144. The Balaban J connectivity index is 1.56. The number of carbonyl (C=O) groups excluding carboxylic acids is 1. The Labute approximate surface area is 192 Å². The van der Waals surface area contributed by atoms with Crippen LogP contribution in [-0.4, -0.2) is 50.2 Å². The first-order chi connectivity index (χ1) is 15.1.